The first kappa shape index (κ1) is 14.9. The zero-order chi connectivity index (χ0) is 13.8. The topological polar surface area (TPSA) is 29.9 Å². The summed E-state index contributed by atoms with van der Waals surface area (Å²) in [6.45, 7) is 5.26. The van der Waals surface area contributed by atoms with Crippen LogP contribution in [-0.2, 0) is 13.5 Å². The SMILES string of the molecule is CCNC(Cc1c(C)nn(C)c1Cl)CC1CCCC1. The van der Waals surface area contributed by atoms with Crippen molar-refractivity contribution in [1.29, 1.82) is 0 Å². The molecular formula is C15H26ClN3. The van der Waals surface area contributed by atoms with Crippen molar-refractivity contribution in [2.45, 2.75) is 58.4 Å². The number of likely N-dealkylation sites (N-methyl/N-ethyl adjacent to an activating group) is 1. The maximum absolute atomic E-state index is 6.35. The van der Waals surface area contributed by atoms with Gasteiger partial charge >= 0.3 is 0 Å². The van der Waals surface area contributed by atoms with E-state index in [1.54, 1.807) is 4.68 Å². The van der Waals surface area contributed by atoms with Gasteiger partial charge in [0.1, 0.15) is 5.15 Å². The summed E-state index contributed by atoms with van der Waals surface area (Å²) in [5.41, 5.74) is 2.29. The molecule has 0 radical (unpaired) electrons. The summed E-state index contributed by atoms with van der Waals surface area (Å²) < 4.78 is 1.78. The van der Waals surface area contributed by atoms with Crippen LogP contribution in [0.5, 0.6) is 0 Å². The molecule has 0 saturated heterocycles. The number of aryl methyl sites for hydroxylation is 2. The van der Waals surface area contributed by atoms with Gasteiger partial charge in [-0.25, -0.2) is 0 Å². The van der Waals surface area contributed by atoms with E-state index in [-0.39, 0.29) is 0 Å². The van der Waals surface area contributed by atoms with Crippen LogP contribution in [0.15, 0.2) is 0 Å². The van der Waals surface area contributed by atoms with Crippen LogP contribution < -0.4 is 5.32 Å². The second-order valence-electron chi connectivity index (χ2n) is 5.82. The first-order chi connectivity index (χ1) is 9.11. The molecule has 1 aromatic rings. The van der Waals surface area contributed by atoms with Crippen molar-refractivity contribution in [2.24, 2.45) is 13.0 Å². The molecule has 1 saturated carbocycles. The van der Waals surface area contributed by atoms with Crippen LogP contribution >= 0.6 is 11.6 Å². The van der Waals surface area contributed by atoms with Crippen LogP contribution in [0, 0.1) is 12.8 Å². The van der Waals surface area contributed by atoms with Crippen LogP contribution in [0.4, 0.5) is 0 Å². The third kappa shape index (κ3) is 3.73. The average Bonchev–Trinajstić information content (AvgIpc) is 2.94. The summed E-state index contributed by atoms with van der Waals surface area (Å²) in [5, 5.41) is 8.84. The highest BCUT2D eigenvalue weighted by Crippen LogP contribution is 2.30. The molecule has 0 spiro atoms. The Balaban J connectivity index is 2.02. The zero-order valence-electron chi connectivity index (χ0n) is 12.4. The molecule has 1 atom stereocenters. The van der Waals surface area contributed by atoms with Gasteiger partial charge in [0.25, 0.3) is 0 Å². The highest BCUT2D eigenvalue weighted by Gasteiger charge is 2.22. The third-order valence-electron chi connectivity index (χ3n) is 4.31. The van der Waals surface area contributed by atoms with Gasteiger partial charge in [0, 0.05) is 18.7 Å². The predicted octanol–water partition coefficient (Wildman–Crippen LogP) is 3.48. The molecule has 1 N–H and O–H groups in total. The van der Waals surface area contributed by atoms with Crippen molar-refractivity contribution in [3.8, 4) is 0 Å². The molecule has 0 amide bonds. The second kappa shape index (κ2) is 6.76. The van der Waals surface area contributed by atoms with Gasteiger partial charge in [-0.15, -0.1) is 0 Å². The zero-order valence-corrected chi connectivity index (χ0v) is 13.1. The fraction of sp³-hybridized carbons (Fsp3) is 0.800. The molecule has 19 heavy (non-hydrogen) atoms. The number of halogens is 1. The van der Waals surface area contributed by atoms with Gasteiger partial charge in [0.2, 0.25) is 0 Å². The van der Waals surface area contributed by atoms with Crippen LogP contribution in [0.3, 0.4) is 0 Å². The van der Waals surface area contributed by atoms with Gasteiger partial charge < -0.3 is 5.32 Å². The summed E-state index contributed by atoms with van der Waals surface area (Å²) in [5.74, 6) is 0.903. The largest absolute Gasteiger partial charge is 0.314 e. The molecule has 1 heterocycles. The predicted molar refractivity (Wildman–Crippen MR) is 80.7 cm³/mol. The average molecular weight is 284 g/mol. The molecule has 4 heteroatoms. The molecule has 0 aromatic carbocycles. The van der Waals surface area contributed by atoms with Crippen LogP contribution in [-0.4, -0.2) is 22.4 Å². The Morgan fingerprint density at radius 1 is 1.42 bits per heavy atom. The quantitative estimate of drug-likeness (QED) is 0.866. The number of hydrogen-bond donors (Lipinski definition) is 1. The van der Waals surface area contributed by atoms with Gasteiger partial charge in [-0.1, -0.05) is 44.2 Å². The van der Waals surface area contributed by atoms with E-state index in [1.165, 1.54) is 37.7 Å². The van der Waals surface area contributed by atoms with Crippen LogP contribution in [0.2, 0.25) is 5.15 Å². The molecule has 1 aromatic heterocycles. The van der Waals surface area contributed by atoms with Gasteiger partial charge in [0.05, 0.1) is 5.69 Å². The van der Waals surface area contributed by atoms with E-state index in [1.807, 2.05) is 7.05 Å². The normalized spacial score (nSPS) is 18.1. The number of hydrogen-bond acceptors (Lipinski definition) is 2. The second-order valence-corrected chi connectivity index (χ2v) is 6.18. The maximum atomic E-state index is 6.35. The lowest BCUT2D eigenvalue weighted by Crippen LogP contribution is -2.33. The van der Waals surface area contributed by atoms with Crippen molar-refractivity contribution in [3.05, 3.63) is 16.4 Å². The Hall–Kier alpha value is -0.540. The Morgan fingerprint density at radius 2 is 2.11 bits per heavy atom. The molecule has 108 valence electrons. The van der Waals surface area contributed by atoms with Crippen molar-refractivity contribution in [2.75, 3.05) is 6.54 Å². The molecular weight excluding hydrogens is 258 g/mol. The van der Waals surface area contributed by atoms with E-state index in [0.29, 0.717) is 6.04 Å². The first-order valence-electron chi connectivity index (χ1n) is 7.53. The molecule has 1 fully saturated rings. The lowest BCUT2D eigenvalue weighted by Gasteiger charge is -2.21. The monoisotopic (exact) mass is 283 g/mol. The molecule has 3 nitrogen and oxygen atoms in total. The minimum Gasteiger partial charge on any atom is -0.314 e. The fourth-order valence-electron chi connectivity index (χ4n) is 3.33. The van der Waals surface area contributed by atoms with E-state index in [2.05, 4.69) is 24.3 Å². The summed E-state index contributed by atoms with van der Waals surface area (Å²) >= 11 is 6.35. The Bertz CT molecular complexity index is 408. The lowest BCUT2D eigenvalue weighted by atomic mass is 9.94. The Labute approximate surface area is 121 Å². The minimum atomic E-state index is 0.536. The van der Waals surface area contributed by atoms with E-state index in [9.17, 15) is 0 Å². The molecule has 1 aliphatic rings. The number of aromatic nitrogens is 2. The molecule has 0 bridgehead atoms. The van der Waals surface area contributed by atoms with Crippen molar-refractivity contribution >= 4 is 11.6 Å². The van der Waals surface area contributed by atoms with Gasteiger partial charge in [-0.05, 0) is 32.2 Å². The Kier molecular flexibility index (Phi) is 5.28. The molecule has 1 aliphatic carbocycles. The van der Waals surface area contributed by atoms with Crippen molar-refractivity contribution in [1.82, 2.24) is 15.1 Å². The lowest BCUT2D eigenvalue weighted by molar-refractivity contribution is 0.390. The molecule has 2 rings (SSSR count). The standard InChI is InChI=1S/C15H26ClN3/c1-4-17-13(9-12-7-5-6-8-12)10-14-11(2)18-19(3)15(14)16/h12-13,17H,4-10H2,1-3H3. The van der Waals surface area contributed by atoms with E-state index in [0.717, 1.165) is 29.7 Å². The number of nitrogens with zero attached hydrogens (tertiary/aromatic N) is 2. The van der Waals surface area contributed by atoms with Gasteiger partial charge in [-0.3, -0.25) is 4.68 Å². The summed E-state index contributed by atoms with van der Waals surface area (Å²) in [6, 6.07) is 0.536. The fourth-order valence-corrected chi connectivity index (χ4v) is 3.58. The summed E-state index contributed by atoms with van der Waals surface area (Å²) in [7, 11) is 1.91. The molecule has 1 unspecified atom stereocenters. The van der Waals surface area contributed by atoms with E-state index < -0.39 is 0 Å². The van der Waals surface area contributed by atoms with Crippen molar-refractivity contribution in [3.63, 3.8) is 0 Å². The number of rotatable bonds is 6. The van der Waals surface area contributed by atoms with Gasteiger partial charge in [0.15, 0.2) is 0 Å². The van der Waals surface area contributed by atoms with E-state index in [4.69, 9.17) is 11.6 Å². The van der Waals surface area contributed by atoms with Crippen molar-refractivity contribution < 1.29 is 0 Å². The molecule has 0 aliphatic heterocycles. The maximum Gasteiger partial charge on any atom is 0.130 e. The highest BCUT2D eigenvalue weighted by molar-refractivity contribution is 6.30. The smallest absolute Gasteiger partial charge is 0.130 e. The van der Waals surface area contributed by atoms with Crippen LogP contribution in [0.25, 0.3) is 0 Å². The first-order valence-corrected chi connectivity index (χ1v) is 7.91. The summed E-state index contributed by atoms with van der Waals surface area (Å²) in [4.78, 5) is 0. The van der Waals surface area contributed by atoms with Gasteiger partial charge in [-0.2, -0.15) is 5.10 Å². The van der Waals surface area contributed by atoms with Crippen LogP contribution in [0.1, 0.15) is 50.3 Å². The summed E-state index contributed by atoms with van der Waals surface area (Å²) in [6.07, 6.45) is 7.91. The minimum absolute atomic E-state index is 0.536. The van der Waals surface area contributed by atoms with E-state index >= 15 is 0 Å². The third-order valence-corrected chi connectivity index (χ3v) is 4.78. The highest BCUT2D eigenvalue weighted by atomic mass is 35.5. The Morgan fingerprint density at radius 3 is 2.63 bits per heavy atom. The number of nitrogens with one attached hydrogen (secondary N) is 1.